The smallest absolute Gasteiger partial charge is 0.336 e. The summed E-state index contributed by atoms with van der Waals surface area (Å²) < 4.78 is 0. The van der Waals surface area contributed by atoms with Crippen LogP contribution in [-0.4, -0.2) is 69.1 Å². The molecule has 0 aromatic heterocycles. The van der Waals surface area contributed by atoms with Crippen molar-refractivity contribution in [2.45, 2.75) is 63.5 Å². The zero-order chi connectivity index (χ0) is 25.1. The summed E-state index contributed by atoms with van der Waals surface area (Å²) in [4.78, 5) is 59.7. The van der Waals surface area contributed by atoms with E-state index in [-0.39, 0.29) is 12.3 Å². The summed E-state index contributed by atoms with van der Waals surface area (Å²) in [6.07, 6.45) is 7.48. The summed E-state index contributed by atoms with van der Waals surface area (Å²) >= 11 is 0.518. The molecule has 0 aliphatic heterocycles. The molecule has 4 atom stereocenters. The van der Waals surface area contributed by atoms with Crippen LogP contribution < -0.4 is 21.7 Å². The Bertz CT molecular complexity index is 812. The van der Waals surface area contributed by atoms with Crippen molar-refractivity contribution >= 4 is 41.4 Å². The molecule has 33 heavy (non-hydrogen) atoms. The van der Waals surface area contributed by atoms with E-state index in [1.54, 1.807) is 13.8 Å². The number of nitrogens with two attached hydrogens (primary N) is 1. The van der Waals surface area contributed by atoms with Crippen molar-refractivity contribution in [1.29, 1.82) is 0 Å². The van der Waals surface area contributed by atoms with E-state index in [0.29, 0.717) is 24.6 Å². The van der Waals surface area contributed by atoms with E-state index < -0.39 is 58.9 Å². The molecular weight excluding hydrogens is 452 g/mol. The van der Waals surface area contributed by atoms with Gasteiger partial charge in [0.25, 0.3) is 0 Å². The Balaban J connectivity index is 2.84. The van der Waals surface area contributed by atoms with Crippen LogP contribution in [-0.2, 0) is 24.0 Å². The molecule has 1 rings (SSSR count). The number of aliphatic carboxylic acids is 2. The molecule has 1 aliphatic rings. The molecule has 0 aromatic rings. The number of nitrogens with one attached hydrogen (secondary N) is 3. The Morgan fingerprint density at radius 2 is 1.67 bits per heavy atom. The topological polar surface area (TPSA) is 188 Å². The van der Waals surface area contributed by atoms with Crippen LogP contribution in [0.2, 0.25) is 0 Å². The van der Waals surface area contributed by atoms with Gasteiger partial charge < -0.3 is 31.9 Å². The molecule has 0 radical (unpaired) electrons. The number of thioether (sulfide) groups is 1. The van der Waals surface area contributed by atoms with Gasteiger partial charge in [-0.1, -0.05) is 37.6 Å². The summed E-state index contributed by atoms with van der Waals surface area (Å²) in [6.45, 7) is 4.91. The van der Waals surface area contributed by atoms with Gasteiger partial charge in [-0.25, -0.2) is 4.79 Å². The molecule has 0 fully saturated rings. The predicted molar refractivity (Wildman–Crippen MR) is 123 cm³/mol. The van der Waals surface area contributed by atoms with Crippen molar-refractivity contribution in [2.24, 2.45) is 11.7 Å². The Labute approximate surface area is 196 Å². The van der Waals surface area contributed by atoms with Crippen LogP contribution in [0.25, 0.3) is 0 Å². The lowest BCUT2D eigenvalue weighted by atomic mass is 9.97. The maximum absolute atomic E-state index is 12.9. The number of rotatable bonds is 13. The van der Waals surface area contributed by atoms with Gasteiger partial charge in [0, 0.05) is 0 Å². The standard InChI is InChI=1S/C21H32N4O7S/c1-11(2)16(22)19(30)24-14(9-13-7-5-4-6-8-13)18(29)23-12(3)17(28)25-20(21(31)32)33-10-15(26)27/h4-5,8,11-12,14,16,20H,6-7,9-10,22H2,1-3H3,(H,23,29)(H,24,30)(H,25,28)(H,26,27)(H,31,32)/t12-,14-,16-,20+/m0/s1. The minimum atomic E-state index is -1.49. The first kappa shape index (κ1) is 28.2. The van der Waals surface area contributed by atoms with Crippen molar-refractivity contribution in [1.82, 2.24) is 16.0 Å². The number of carboxylic acids is 2. The van der Waals surface area contributed by atoms with E-state index in [2.05, 4.69) is 16.0 Å². The molecular formula is C21H32N4O7S. The summed E-state index contributed by atoms with van der Waals surface area (Å²) in [5.74, 6) is -5.24. The third-order valence-corrected chi connectivity index (χ3v) is 5.90. The van der Waals surface area contributed by atoms with Crippen molar-refractivity contribution in [3.63, 3.8) is 0 Å². The lowest BCUT2D eigenvalue weighted by Gasteiger charge is -2.25. The molecule has 3 amide bonds. The zero-order valence-electron chi connectivity index (χ0n) is 18.9. The highest BCUT2D eigenvalue weighted by molar-refractivity contribution is 8.01. The highest BCUT2D eigenvalue weighted by Crippen LogP contribution is 2.17. The van der Waals surface area contributed by atoms with Gasteiger partial charge in [0.2, 0.25) is 17.7 Å². The van der Waals surface area contributed by atoms with Gasteiger partial charge >= 0.3 is 11.9 Å². The van der Waals surface area contributed by atoms with Crippen molar-refractivity contribution in [3.05, 3.63) is 23.8 Å². The van der Waals surface area contributed by atoms with Crippen LogP contribution in [0.5, 0.6) is 0 Å². The number of hydrogen-bond donors (Lipinski definition) is 6. The maximum Gasteiger partial charge on any atom is 0.336 e. The number of allylic oxidation sites excluding steroid dienone is 3. The first-order valence-corrected chi connectivity index (χ1v) is 11.5. The van der Waals surface area contributed by atoms with Crippen molar-refractivity contribution in [3.8, 4) is 0 Å². The highest BCUT2D eigenvalue weighted by atomic mass is 32.2. The minimum Gasteiger partial charge on any atom is -0.481 e. The first-order valence-electron chi connectivity index (χ1n) is 10.5. The summed E-state index contributed by atoms with van der Waals surface area (Å²) in [5.41, 5.74) is 6.84. The van der Waals surface area contributed by atoms with Gasteiger partial charge in [0.05, 0.1) is 11.8 Å². The molecule has 12 heteroatoms. The average molecular weight is 485 g/mol. The van der Waals surface area contributed by atoms with Crippen LogP contribution in [0.1, 0.15) is 40.0 Å². The maximum atomic E-state index is 12.9. The molecule has 0 saturated carbocycles. The van der Waals surface area contributed by atoms with Crippen LogP contribution in [0, 0.1) is 5.92 Å². The van der Waals surface area contributed by atoms with Crippen molar-refractivity contribution < 1.29 is 34.2 Å². The lowest BCUT2D eigenvalue weighted by molar-refractivity contribution is -0.139. The summed E-state index contributed by atoms with van der Waals surface area (Å²) in [5, 5.41) is 23.7. The van der Waals surface area contributed by atoms with E-state index in [1.807, 2.05) is 18.2 Å². The summed E-state index contributed by atoms with van der Waals surface area (Å²) in [6, 6.07) is -2.93. The molecule has 0 aromatic carbocycles. The van der Waals surface area contributed by atoms with E-state index in [4.69, 9.17) is 10.8 Å². The third kappa shape index (κ3) is 10.1. The molecule has 0 heterocycles. The van der Waals surface area contributed by atoms with Crippen LogP contribution >= 0.6 is 11.8 Å². The number of carbonyl (C=O) groups excluding carboxylic acids is 3. The summed E-state index contributed by atoms with van der Waals surface area (Å²) in [7, 11) is 0. The van der Waals surface area contributed by atoms with Crippen LogP contribution in [0.4, 0.5) is 0 Å². The molecule has 0 unspecified atom stereocenters. The van der Waals surface area contributed by atoms with Gasteiger partial charge in [0.15, 0.2) is 5.37 Å². The fourth-order valence-corrected chi connectivity index (χ4v) is 3.47. The zero-order valence-corrected chi connectivity index (χ0v) is 19.7. The largest absolute Gasteiger partial charge is 0.481 e. The second kappa shape index (κ2) is 13.6. The highest BCUT2D eigenvalue weighted by Gasteiger charge is 2.29. The van der Waals surface area contributed by atoms with Crippen LogP contribution in [0.15, 0.2) is 23.8 Å². The van der Waals surface area contributed by atoms with Crippen LogP contribution in [0.3, 0.4) is 0 Å². The van der Waals surface area contributed by atoms with Gasteiger partial charge in [-0.2, -0.15) is 0 Å². The Kier molecular flexibility index (Phi) is 11.6. The second-order valence-corrected chi connectivity index (χ2v) is 9.06. The van der Waals surface area contributed by atoms with E-state index >= 15 is 0 Å². The van der Waals surface area contributed by atoms with Gasteiger partial charge in [-0.15, -0.1) is 11.8 Å². The monoisotopic (exact) mass is 484 g/mol. The number of amides is 3. The predicted octanol–water partition coefficient (Wildman–Crippen LogP) is -0.0296. The molecule has 0 bridgehead atoms. The van der Waals surface area contributed by atoms with E-state index in [1.165, 1.54) is 6.92 Å². The van der Waals surface area contributed by atoms with Gasteiger partial charge in [-0.05, 0) is 32.1 Å². The van der Waals surface area contributed by atoms with Crippen molar-refractivity contribution in [2.75, 3.05) is 5.75 Å². The third-order valence-electron chi connectivity index (χ3n) is 4.83. The van der Waals surface area contributed by atoms with Gasteiger partial charge in [0.1, 0.15) is 12.1 Å². The minimum absolute atomic E-state index is 0.147. The molecule has 184 valence electrons. The quantitative estimate of drug-likeness (QED) is 0.154. The first-order chi connectivity index (χ1) is 15.4. The Morgan fingerprint density at radius 3 is 2.18 bits per heavy atom. The Hall–Kier alpha value is -2.86. The lowest BCUT2D eigenvalue weighted by Crippen LogP contribution is -2.56. The normalized spacial score (nSPS) is 16.7. The number of carbonyl (C=O) groups is 5. The fraction of sp³-hybridized carbons (Fsp3) is 0.571. The SMILES string of the molecule is CC(C)[C@H](N)C(=O)N[C@@H](CC1=CCC=CC1)C(=O)N[C@@H](C)C(=O)N[C@H](SCC(=O)O)C(=O)O. The molecule has 0 saturated heterocycles. The number of hydrogen-bond acceptors (Lipinski definition) is 7. The van der Waals surface area contributed by atoms with E-state index in [9.17, 15) is 29.1 Å². The van der Waals surface area contributed by atoms with Gasteiger partial charge in [-0.3, -0.25) is 19.2 Å². The second-order valence-electron chi connectivity index (χ2n) is 7.97. The van der Waals surface area contributed by atoms with E-state index in [0.717, 1.165) is 5.57 Å². The molecule has 0 spiro atoms. The molecule has 7 N–H and O–H groups in total. The number of carboxylic acid groups (broad SMARTS) is 2. The Morgan fingerprint density at radius 1 is 1.00 bits per heavy atom. The fourth-order valence-electron chi connectivity index (χ4n) is 2.82. The molecule has 1 aliphatic carbocycles. The average Bonchev–Trinajstić information content (AvgIpc) is 2.75. The molecule has 11 nitrogen and oxygen atoms in total.